The first-order valence-electron chi connectivity index (χ1n) is 5.01. The maximum absolute atomic E-state index is 13.6. The zero-order chi connectivity index (χ0) is 13.3. The van der Waals surface area contributed by atoms with E-state index in [4.69, 9.17) is 0 Å². The van der Waals surface area contributed by atoms with Gasteiger partial charge in [-0.1, -0.05) is 15.9 Å². The van der Waals surface area contributed by atoms with Crippen LogP contribution in [-0.2, 0) is 0 Å². The van der Waals surface area contributed by atoms with Gasteiger partial charge in [0.25, 0.3) is 0 Å². The molecule has 2 rings (SSSR count). The summed E-state index contributed by atoms with van der Waals surface area (Å²) < 4.78 is 28.3. The highest BCUT2D eigenvalue weighted by atomic mass is 79.9. The van der Waals surface area contributed by atoms with E-state index >= 15 is 0 Å². The lowest BCUT2D eigenvalue weighted by atomic mass is 10.2. The molecule has 2 nitrogen and oxygen atoms in total. The van der Waals surface area contributed by atoms with E-state index in [-0.39, 0.29) is 5.69 Å². The first-order chi connectivity index (χ1) is 8.47. The molecule has 0 aliphatic heterocycles. The molecule has 18 heavy (non-hydrogen) atoms. The molecule has 0 saturated carbocycles. The second-order valence-electron chi connectivity index (χ2n) is 3.71. The van der Waals surface area contributed by atoms with Crippen molar-refractivity contribution < 1.29 is 8.78 Å². The Bertz CT molecular complexity index is 580. The summed E-state index contributed by atoms with van der Waals surface area (Å²) in [6, 6.07) is 4.19. The maximum atomic E-state index is 13.6. The molecule has 94 valence electrons. The average molecular weight is 378 g/mol. The number of hydrogen-bond donors (Lipinski definition) is 1. The smallest absolute Gasteiger partial charge is 0.150 e. The average Bonchev–Trinajstić information content (AvgIpc) is 2.25. The van der Waals surface area contributed by atoms with Crippen LogP contribution >= 0.6 is 31.9 Å². The number of rotatable bonds is 2. The highest BCUT2D eigenvalue weighted by Crippen LogP contribution is 2.29. The fourth-order valence-electron chi connectivity index (χ4n) is 1.41. The van der Waals surface area contributed by atoms with Crippen LogP contribution in [-0.4, -0.2) is 4.98 Å². The van der Waals surface area contributed by atoms with Gasteiger partial charge >= 0.3 is 0 Å². The van der Waals surface area contributed by atoms with E-state index in [1.54, 1.807) is 6.20 Å². The van der Waals surface area contributed by atoms with Gasteiger partial charge in [0, 0.05) is 10.7 Å². The van der Waals surface area contributed by atoms with Crippen LogP contribution in [0.3, 0.4) is 0 Å². The summed E-state index contributed by atoms with van der Waals surface area (Å²) in [5, 5.41) is 2.63. The fourth-order valence-corrected chi connectivity index (χ4v) is 2.37. The molecule has 6 heteroatoms. The van der Waals surface area contributed by atoms with E-state index < -0.39 is 11.6 Å². The fraction of sp³-hybridized carbons (Fsp3) is 0.0833. The highest BCUT2D eigenvalue weighted by Gasteiger charge is 2.12. The molecule has 0 spiro atoms. The minimum atomic E-state index is -0.684. The van der Waals surface area contributed by atoms with Gasteiger partial charge in [-0.3, -0.25) is 0 Å². The normalized spacial score (nSPS) is 10.5. The molecule has 0 fully saturated rings. The first kappa shape index (κ1) is 13.4. The van der Waals surface area contributed by atoms with E-state index in [1.165, 1.54) is 12.1 Å². The lowest BCUT2D eigenvalue weighted by molar-refractivity contribution is 0.589. The summed E-state index contributed by atoms with van der Waals surface area (Å²) in [5.74, 6) is -1.01. The standard InChI is InChI=1S/C12H8Br2F2N2/c1-6-2-8(14)12(17-5-6)18-11-9(15)3-7(13)4-10(11)16/h2-5H,1H3,(H,17,18). The van der Waals surface area contributed by atoms with Crippen LogP contribution in [0.5, 0.6) is 0 Å². The molecule has 0 saturated heterocycles. The minimum Gasteiger partial charge on any atom is -0.334 e. The molecule has 0 aliphatic carbocycles. The molecule has 2 aromatic rings. The molecule has 0 atom stereocenters. The quantitative estimate of drug-likeness (QED) is 0.801. The molecule has 1 aromatic carbocycles. The van der Waals surface area contributed by atoms with Gasteiger partial charge < -0.3 is 5.32 Å². The van der Waals surface area contributed by atoms with Gasteiger partial charge in [-0.05, 0) is 46.6 Å². The van der Waals surface area contributed by atoms with Crippen molar-refractivity contribution in [1.29, 1.82) is 0 Å². The zero-order valence-electron chi connectivity index (χ0n) is 9.27. The van der Waals surface area contributed by atoms with Crippen molar-refractivity contribution in [3.05, 3.63) is 50.5 Å². The number of nitrogens with zero attached hydrogens (tertiary/aromatic N) is 1. The van der Waals surface area contributed by atoms with Crippen molar-refractivity contribution in [1.82, 2.24) is 4.98 Å². The van der Waals surface area contributed by atoms with Crippen LogP contribution in [0.1, 0.15) is 5.56 Å². The Hall–Kier alpha value is -1.01. The molecule has 0 unspecified atom stereocenters. The molecule has 0 aliphatic rings. The monoisotopic (exact) mass is 376 g/mol. The van der Waals surface area contributed by atoms with Crippen LogP contribution in [0.15, 0.2) is 33.3 Å². The lowest BCUT2D eigenvalue weighted by Crippen LogP contribution is -2.00. The number of halogens is 4. The molecule has 0 radical (unpaired) electrons. The van der Waals surface area contributed by atoms with E-state index in [0.717, 1.165) is 5.56 Å². The zero-order valence-corrected chi connectivity index (χ0v) is 12.4. The molecule has 0 amide bonds. The Morgan fingerprint density at radius 2 is 1.72 bits per heavy atom. The third-order valence-electron chi connectivity index (χ3n) is 2.23. The highest BCUT2D eigenvalue weighted by molar-refractivity contribution is 9.10. The van der Waals surface area contributed by atoms with Crippen molar-refractivity contribution in [3.63, 3.8) is 0 Å². The minimum absolute atomic E-state index is 0.227. The Labute approximate surface area is 120 Å². The second-order valence-corrected chi connectivity index (χ2v) is 5.48. The first-order valence-corrected chi connectivity index (χ1v) is 6.59. The van der Waals surface area contributed by atoms with Crippen LogP contribution in [0.4, 0.5) is 20.3 Å². The summed E-state index contributed by atoms with van der Waals surface area (Å²) in [6.07, 6.45) is 1.61. The van der Waals surface area contributed by atoms with Gasteiger partial charge in [0.15, 0.2) is 11.6 Å². The van der Waals surface area contributed by atoms with Gasteiger partial charge in [0.1, 0.15) is 11.5 Å². The number of pyridine rings is 1. The summed E-state index contributed by atoms with van der Waals surface area (Å²) in [4.78, 5) is 4.07. The molecule has 0 bridgehead atoms. The number of anilines is 2. The maximum Gasteiger partial charge on any atom is 0.150 e. The van der Waals surface area contributed by atoms with Gasteiger partial charge in [0.05, 0.1) is 4.47 Å². The van der Waals surface area contributed by atoms with Crippen LogP contribution in [0.2, 0.25) is 0 Å². The predicted octanol–water partition coefficient (Wildman–Crippen LogP) is 4.94. The van der Waals surface area contributed by atoms with Crippen molar-refractivity contribution in [2.75, 3.05) is 5.32 Å². The summed E-state index contributed by atoms with van der Waals surface area (Å²) in [7, 11) is 0. The third-order valence-corrected chi connectivity index (χ3v) is 3.29. The number of benzene rings is 1. The van der Waals surface area contributed by atoms with E-state index in [0.29, 0.717) is 14.8 Å². The topological polar surface area (TPSA) is 24.9 Å². The number of hydrogen-bond acceptors (Lipinski definition) is 2. The molecular formula is C12H8Br2F2N2. The molecule has 1 aromatic heterocycles. The number of nitrogens with one attached hydrogen (secondary N) is 1. The summed E-state index contributed by atoms with van der Waals surface area (Å²) in [6.45, 7) is 1.88. The lowest BCUT2D eigenvalue weighted by Gasteiger charge is -2.10. The molecule has 1 N–H and O–H groups in total. The Morgan fingerprint density at radius 1 is 1.11 bits per heavy atom. The van der Waals surface area contributed by atoms with Gasteiger partial charge in [0.2, 0.25) is 0 Å². The van der Waals surface area contributed by atoms with Crippen LogP contribution in [0, 0.1) is 18.6 Å². The van der Waals surface area contributed by atoms with E-state index in [2.05, 4.69) is 42.2 Å². The number of aryl methyl sites for hydroxylation is 1. The van der Waals surface area contributed by atoms with Crippen molar-refractivity contribution >= 4 is 43.4 Å². The third kappa shape index (κ3) is 2.87. The Kier molecular flexibility index (Phi) is 3.97. The number of aromatic nitrogens is 1. The SMILES string of the molecule is Cc1cnc(Nc2c(F)cc(Br)cc2F)c(Br)c1. The molecule has 1 heterocycles. The van der Waals surface area contributed by atoms with Gasteiger partial charge in [-0.15, -0.1) is 0 Å². The summed E-state index contributed by atoms with van der Waals surface area (Å²) >= 11 is 6.31. The Morgan fingerprint density at radius 3 is 2.28 bits per heavy atom. The van der Waals surface area contributed by atoms with Crippen LogP contribution in [0.25, 0.3) is 0 Å². The second kappa shape index (κ2) is 5.32. The largest absolute Gasteiger partial charge is 0.334 e. The Balaban J connectivity index is 2.40. The van der Waals surface area contributed by atoms with Gasteiger partial charge in [-0.25, -0.2) is 13.8 Å². The summed E-state index contributed by atoms with van der Waals surface area (Å²) in [5.41, 5.74) is 0.722. The molecular weight excluding hydrogens is 370 g/mol. The van der Waals surface area contributed by atoms with Crippen molar-refractivity contribution in [2.45, 2.75) is 6.92 Å². The van der Waals surface area contributed by atoms with Crippen LogP contribution < -0.4 is 5.32 Å². The van der Waals surface area contributed by atoms with E-state index in [1.807, 2.05) is 13.0 Å². The van der Waals surface area contributed by atoms with Gasteiger partial charge in [-0.2, -0.15) is 0 Å². The van der Waals surface area contributed by atoms with Crippen molar-refractivity contribution in [2.24, 2.45) is 0 Å². The van der Waals surface area contributed by atoms with Crippen molar-refractivity contribution in [3.8, 4) is 0 Å². The predicted molar refractivity (Wildman–Crippen MR) is 74.0 cm³/mol. The van der Waals surface area contributed by atoms with E-state index in [9.17, 15) is 8.78 Å².